The molecule has 19 heavy (non-hydrogen) atoms. The Morgan fingerprint density at radius 1 is 1.26 bits per heavy atom. The average Bonchev–Trinajstić information content (AvgIpc) is 2.72. The van der Waals surface area contributed by atoms with Crippen molar-refractivity contribution < 1.29 is 4.79 Å². The van der Waals surface area contributed by atoms with E-state index in [1.807, 2.05) is 24.3 Å². The van der Waals surface area contributed by atoms with Crippen molar-refractivity contribution in [3.8, 4) is 0 Å². The molecule has 0 atom stereocenters. The fourth-order valence-electron chi connectivity index (χ4n) is 2.84. The van der Waals surface area contributed by atoms with Gasteiger partial charge in [0.25, 0.3) is 5.91 Å². The lowest BCUT2D eigenvalue weighted by molar-refractivity contribution is -0.115. The Morgan fingerprint density at radius 3 is 2.53 bits per heavy atom. The van der Waals surface area contributed by atoms with Gasteiger partial charge in [-0.05, 0) is 43.7 Å². The van der Waals surface area contributed by atoms with Crippen LogP contribution in [0.1, 0.15) is 38.2 Å². The largest absolute Gasteiger partial charge is 0.326 e. The van der Waals surface area contributed by atoms with Gasteiger partial charge in [0.05, 0.1) is 0 Å². The first-order chi connectivity index (χ1) is 9.08. The van der Waals surface area contributed by atoms with Gasteiger partial charge in [-0.1, -0.05) is 35.0 Å². The van der Waals surface area contributed by atoms with Crippen molar-refractivity contribution in [1.82, 2.24) is 5.32 Å². The maximum atomic E-state index is 12.2. The van der Waals surface area contributed by atoms with Crippen molar-refractivity contribution in [2.24, 2.45) is 10.9 Å². The molecule has 3 nitrogen and oxygen atoms in total. The van der Waals surface area contributed by atoms with Crippen LogP contribution in [0.25, 0.3) is 0 Å². The SMILES string of the molecule is CC1CCC2(CC1)N=C(c1ccc(Br)cc1)C(=O)N2. The number of carbonyl (C=O) groups is 1. The number of amides is 1. The minimum absolute atomic E-state index is 0.0307. The lowest BCUT2D eigenvalue weighted by Crippen LogP contribution is -2.44. The van der Waals surface area contributed by atoms with Crippen LogP contribution in [-0.4, -0.2) is 17.3 Å². The van der Waals surface area contributed by atoms with E-state index in [9.17, 15) is 4.79 Å². The van der Waals surface area contributed by atoms with Crippen molar-refractivity contribution in [3.05, 3.63) is 34.3 Å². The second kappa shape index (κ2) is 4.75. The first-order valence-electron chi connectivity index (χ1n) is 6.76. The van der Waals surface area contributed by atoms with Gasteiger partial charge in [0.15, 0.2) is 0 Å². The monoisotopic (exact) mass is 320 g/mol. The van der Waals surface area contributed by atoms with Crippen molar-refractivity contribution in [2.45, 2.75) is 38.3 Å². The lowest BCUT2D eigenvalue weighted by Gasteiger charge is -2.33. The van der Waals surface area contributed by atoms with E-state index in [2.05, 4.69) is 28.2 Å². The molecule has 0 saturated heterocycles. The van der Waals surface area contributed by atoms with Gasteiger partial charge in [-0.2, -0.15) is 0 Å². The summed E-state index contributed by atoms with van der Waals surface area (Å²) >= 11 is 3.41. The quantitative estimate of drug-likeness (QED) is 0.847. The summed E-state index contributed by atoms with van der Waals surface area (Å²) in [4.78, 5) is 16.9. The summed E-state index contributed by atoms with van der Waals surface area (Å²) < 4.78 is 1.01. The Hall–Kier alpha value is -1.16. The molecule has 0 radical (unpaired) electrons. The molecule has 1 N–H and O–H groups in total. The van der Waals surface area contributed by atoms with E-state index in [4.69, 9.17) is 4.99 Å². The predicted molar refractivity (Wildman–Crippen MR) is 79.2 cm³/mol. The molecule has 0 aromatic heterocycles. The Labute approximate surface area is 121 Å². The summed E-state index contributed by atoms with van der Waals surface area (Å²) in [6.45, 7) is 2.27. The van der Waals surface area contributed by atoms with Crippen molar-refractivity contribution in [2.75, 3.05) is 0 Å². The van der Waals surface area contributed by atoms with Crippen LogP contribution in [0.4, 0.5) is 0 Å². The van der Waals surface area contributed by atoms with Crippen LogP contribution < -0.4 is 5.32 Å². The highest BCUT2D eigenvalue weighted by Crippen LogP contribution is 2.35. The van der Waals surface area contributed by atoms with Crippen LogP contribution >= 0.6 is 15.9 Å². The van der Waals surface area contributed by atoms with E-state index < -0.39 is 0 Å². The molecule has 1 aliphatic carbocycles. The molecule has 2 aliphatic rings. The van der Waals surface area contributed by atoms with Crippen LogP contribution in [0.5, 0.6) is 0 Å². The second-order valence-corrected chi connectivity index (χ2v) is 6.55. The molecule has 1 aromatic carbocycles. The van der Waals surface area contributed by atoms with Gasteiger partial charge >= 0.3 is 0 Å². The van der Waals surface area contributed by atoms with Crippen LogP contribution in [0.3, 0.4) is 0 Å². The van der Waals surface area contributed by atoms with E-state index in [-0.39, 0.29) is 11.6 Å². The highest BCUT2D eigenvalue weighted by Gasteiger charge is 2.41. The standard InChI is InChI=1S/C15H17BrN2O/c1-10-6-8-15(9-7-10)17-13(14(19)18-15)11-2-4-12(16)5-3-11/h2-5,10H,6-9H2,1H3,(H,18,19). The molecule has 1 aromatic rings. The molecule has 0 unspecified atom stereocenters. The van der Waals surface area contributed by atoms with Gasteiger partial charge in [0.1, 0.15) is 11.4 Å². The van der Waals surface area contributed by atoms with Crippen molar-refractivity contribution in [3.63, 3.8) is 0 Å². The van der Waals surface area contributed by atoms with Crippen LogP contribution in [0, 0.1) is 5.92 Å². The third kappa shape index (κ3) is 2.46. The minimum Gasteiger partial charge on any atom is -0.326 e. The number of hydrogen-bond donors (Lipinski definition) is 1. The van der Waals surface area contributed by atoms with Gasteiger partial charge < -0.3 is 5.32 Å². The molecule has 4 heteroatoms. The Bertz CT molecular complexity index is 528. The zero-order chi connectivity index (χ0) is 13.5. The normalized spacial score (nSPS) is 30.3. The fourth-order valence-corrected chi connectivity index (χ4v) is 3.11. The van der Waals surface area contributed by atoms with Gasteiger partial charge in [-0.15, -0.1) is 0 Å². The zero-order valence-corrected chi connectivity index (χ0v) is 12.5. The molecule has 1 spiro atoms. The first kappa shape index (κ1) is 12.9. The molecular weight excluding hydrogens is 304 g/mol. The van der Waals surface area contributed by atoms with E-state index in [1.165, 1.54) is 0 Å². The fraction of sp³-hybridized carbons (Fsp3) is 0.467. The molecule has 1 fully saturated rings. The van der Waals surface area contributed by atoms with E-state index in [0.29, 0.717) is 5.71 Å². The highest BCUT2D eigenvalue weighted by molar-refractivity contribution is 9.10. The predicted octanol–water partition coefficient (Wildman–Crippen LogP) is 3.27. The molecule has 0 bridgehead atoms. The summed E-state index contributed by atoms with van der Waals surface area (Å²) in [6.07, 6.45) is 4.19. The summed E-state index contributed by atoms with van der Waals surface area (Å²) in [5.74, 6) is 0.714. The Balaban J connectivity index is 1.89. The molecular formula is C15H17BrN2O. The van der Waals surface area contributed by atoms with Crippen molar-refractivity contribution >= 4 is 27.5 Å². The number of nitrogens with zero attached hydrogens (tertiary/aromatic N) is 1. The number of carbonyl (C=O) groups excluding carboxylic acids is 1. The van der Waals surface area contributed by atoms with E-state index >= 15 is 0 Å². The Kier molecular flexibility index (Phi) is 3.21. The van der Waals surface area contributed by atoms with Gasteiger partial charge in [0.2, 0.25) is 0 Å². The van der Waals surface area contributed by atoms with Crippen LogP contribution in [0.2, 0.25) is 0 Å². The zero-order valence-electron chi connectivity index (χ0n) is 10.9. The second-order valence-electron chi connectivity index (χ2n) is 5.64. The van der Waals surface area contributed by atoms with Crippen LogP contribution in [-0.2, 0) is 4.79 Å². The summed E-state index contributed by atoms with van der Waals surface area (Å²) in [5.41, 5.74) is 1.16. The number of rotatable bonds is 1. The topological polar surface area (TPSA) is 41.5 Å². The molecule has 1 aliphatic heterocycles. The number of nitrogens with one attached hydrogen (secondary N) is 1. The third-order valence-corrected chi connectivity index (χ3v) is 4.63. The number of hydrogen-bond acceptors (Lipinski definition) is 2. The molecule has 100 valence electrons. The van der Waals surface area contributed by atoms with Gasteiger partial charge in [-0.3, -0.25) is 9.79 Å². The number of benzene rings is 1. The highest BCUT2D eigenvalue weighted by atomic mass is 79.9. The third-order valence-electron chi connectivity index (χ3n) is 4.11. The maximum Gasteiger partial charge on any atom is 0.272 e. The smallest absolute Gasteiger partial charge is 0.272 e. The summed E-state index contributed by atoms with van der Waals surface area (Å²) in [7, 11) is 0. The number of halogens is 1. The maximum absolute atomic E-state index is 12.2. The van der Waals surface area contributed by atoms with Gasteiger partial charge in [0, 0.05) is 10.0 Å². The van der Waals surface area contributed by atoms with E-state index in [1.54, 1.807) is 0 Å². The van der Waals surface area contributed by atoms with Crippen LogP contribution in [0.15, 0.2) is 33.7 Å². The first-order valence-corrected chi connectivity index (χ1v) is 7.56. The van der Waals surface area contributed by atoms with E-state index in [0.717, 1.165) is 41.6 Å². The summed E-state index contributed by atoms with van der Waals surface area (Å²) in [5, 5.41) is 3.10. The van der Waals surface area contributed by atoms with Gasteiger partial charge in [-0.25, -0.2) is 0 Å². The molecule has 1 heterocycles. The average molecular weight is 321 g/mol. The number of aliphatic imine (C=N–C) groups is 1. The molecule has 1 saturated carbocycles. The molecule has 3 rings (SSSR count). The van der Waals surface area contributed by atoms with Crippen molar-refractivity contribution in [1.29, 1.82) is 0 Å². The lowest BCUT2D eigenvalue weighted by atomic mass is 9.83. The minimum atomic E-state index is -0.327. The Morgan fingerprint density at radius 2 is 1.89 bits per heavy atom. The summed E-state index contributed by atoms with van der Waals surface area (Å²) in [6, 6.07) is 7.76. The molecule has 1 amide bonds.